The Labute approximate surface area is 134 Å². The Morgan fingerprint density at radius 3 is 2.32 bits per heavy atom. The normalized spacial score (nSPS) is 16.1. The van der Waals surface area contributed by atoms with Gasteiger partial charge in [-0.3, -0.25) is 9.69 Å². The molecule has 1 aromatic carbocycles. The molecule has 0 radical (unpaired) electrons. The fourth-order valence-corrected chi connectivity index (χ4v) is 2.78. The molecule has 0 bridgehead atoms. The van der Waals surface area contributed by atoms with Gasteiger partial charge in [-0.2, -0.15) is 0 Å². The summed E-state index contributed by atoms with van der Waals surface area (Å²) in [4.78, 5) is 16.5. The van der Waals surface area contributed by atoms with E-state index >= 15 is 0 Å². The monoisotopic (exact) mass is 304 g/mol. The smallest absolute Gasteiger partial charge is 0.222 e. The zero-order valence-electron chi connectivity index (χ0n) is 14.0. The SMILES string of the molecule is COc1ccc(CCN2CCN(C(=O)CC(C)C)CC2)cc1. The predicted molar refractivity (Wildman–Crippen MR) is 89.2 cm³/mol. The summed E-state index contributed by atoms with van der Waals surface area (Å²) in [5, 5.41) is 0. The van der Waals surface area contributed by atoms with Gasteiger partial charge in [0.15, 0.2) is 0 Å². The highest BCUT2D eigenvalue weighted by atomic mass is 16.5. The van der Waals surface area contributed by atoms with Crippen LogP contribution >= 0.6 is 0 Å². The third kappa shape index (κ3) is 5.02. The molecule has 0 spiro atoms. The first-order valence-electron chi connectivity index (χ1n) is 8.21. The number of methoxy groups -OCH3 is 1. The van der Waals surface area contributed by atoms with Gasteiger partial charge in [-0.15, -0.1) is 0 Å². The van der Waals surface area contributed by atoms with Crippen LogP contribution in [-0.2, 0) is 11.2 Å². The van der Waals surface area contributed by atoms with Crippen molar-refractivity contribution in [2.24, 2.45) is 5.92 Å². The van der Waals surface area contributed by atoms with Crippen LogP contribution in [0, 0.1) is 5.92 Å². The number of nitrogens with zero attached hydrogens (tertiary/aromatic N) is 2. The third-order valence-corrected chi connectivity index (χ3v) is 4.18. The maximum atomic E-state index is 12.1. The predicted octanol–water partition coefficient (Wildman–Crippen LogP) is 2.43. The van der Waals surface area contributed by atoms with Crippen molar-refractivity contribution >= 4 is 5.91 Å². The molecule has 0 unspecified atom stereocenters. The van der Waals surface area contributed by atoms with Gasteiger partial charge in [0.1, 0.15) is 5.75 Å². The molecule has 4 nitrogen and oxygen atoms in total. The molecule has 1 aliphatic heterocycles. The van der Waals surface area contributed by atoms with Gasteiger partial charge in [0.2, 0.25) is 5.91 Å². The number of amides is 1. The molecule has 0 saturated carbocycles. The molecule has 0 aliphatic carbocycles. The fraction of sp³-hybridized carbons (Fsp3) is 0.611. The van der Waals surface area contributed by atoms with Gasteiger partial charge in [0, 0.05) is 39.1 Å². The van der Waals surface area contributed by atoms with E-state index in [0.717, 1.165) is 44.9 Å². The van der Waals surface area contributed by atoms with Crippen LogP contribution in [0.4, 0.5) is 0 Å². The molecule has 0 atom stereocenters. The van der Waals surface area contributed by atoms with Crippen LogP contribution in [0.15, 0.2) is 24.3 Å². The fourth-order valence-electron chi connectivity index (χ4n) is 2.78. The summed E-state index contributed by atoms with van der Waals surface area (Å²) in [5.41, 5.74) is 1.33. The highest BCUT2D eigenvalue weighted by molar-refractivity contribution is 5.76. The van der Waals surface area contributed by atoms with E-state index in [9.17, 15) is 4.79 Å². The molecule has 1 fully saturated rings. The summed E-state index contributed by atoms with van der Waals surface area (Å²) in [6, 6.07) is 8.28. The first-order valence-corrected chi connectivity index (χ1v) is 8.21. The quantitative estimate of drug-likeness (QED) is 0.809. The van der Waals surface area contributed by atoms with Crippen LogP contribution in [0.3, 0.4) is 0 Å². The van der Waals surface area contributed by atoms with Crippen LogP contribution in [0.2, 0.25) is 0 Å². The number of benzene rings is 1. The van der Waals surface area contributed by atoms with Gasteiger partial charge in [0.05, 0.1) is 7.11 Å². The number of hydrogen-bond donors (Lipinski definition) is 0. The van der Waals surface area contributed by atoms with Crippen molar-refractivity contribution in [1.29, 1.82) is 0 Å². The number of rotatable bonds is 6. The zero-order valence-corrected chi connectivity index (χ0v) is 14.0. The molecule has 0 aromatic heterocycles. The standard InChI is InChI=1S/C18H28N2O2/c1-15(2)14-18(21)20-12-10-19(11-13-20)9-8-16-4-6-17(22-3)7-5-16/h4-7,15H,8-14H2,1-3H3. The van der Waals surface area contributed by atoms with Crippen LogP contribution < -0.4 is 4.74 Å². The molecular weight excluding hydrogens is 276 g/mol. The molecule has 1 aliphatic rings. The van der Waals surface area contributed by atoms with Gasteiger partial charge in [-0.1, -0.05) is 26.0 Å². The lowest BCUT2D eigenvalue weighted by Crippen LogP contribution is -2.49. The minimum Gasteiger partial charge on any atom is -0.497 e. The Bertz CT molecular complexity index is 462. The Balaban J connectivity index is 1.71. The summed E-state index contributed by atoms with van der Waals surface area (Å²) < 4.78 is 5.18. The van der Waals surface area contributed by atoms with E-state index in [1.54, 1.807) is 7.11 Å². The van der Waals surface area contributed by atoms with Gasteiger partial charge in [-0.05, 0) is 30.0 Å². The van der Waals surface area contributed by atoms with E-state index in [-0.39, 0.29) is 0 Å². The van der Waals surface area contributed by atoms with Crippen LogP contribution in [0.25, 0.3) is 0 Å². The molecular formula is C18H28N2O2. The van der Waals surface area contributed by atoms with Crippen molar-refractivity contribution in [2.45, 2.75) is 26.7 Å². The molecule has 1 aromatic rings. The summed E-state index contributed by atoms with van der Waals surface area (Å²) in [6.07, 6.45) is 1.72. The minimum atomic E-state index is 0.310. The minimum absolute atomic E-state index is 0.310. The van der Waals surface area contributed by atoms with Crippen LogP contribution in [-0.4, -0.2) is 55.5 Å². The van der Waals surface area contributed by atoms with E-state index in [1.165, 1.54) is 5.56 Å². The molecule has 22 heavy (non-hydrogen) atoms. The number of piperazine rings is 1. The van der Waals surface area contributed by atoms with Crippen LogP contribution in [0.5, 0.6) is 5.75 Å². The van der Waals surface area contributed by atoms with Gasteiger partial charge in [-0.25, -0.2) is 0 Å². The molecule has 1 heterocycles. The second-order valence-corrected chi connectivity index (χ2v) is 6.42. The first kappa shape index (κ1) is 16.8. The second kappa shape index (κ2) is 8.18. The van der Waals surface area contributed by atoms with Gasteiger partial charge < -0.3 is 9.64 Å². The van der Waals surface area contributed by atoms with Crippen molar-refractivity contribution in [3.05, 3.63) is 29.8 Å². The Morgan fingerprint density at radius 2 is 1.77 bits per heavy atom. The first-order chi connectivity index (χ1) is 10.6. The Morgan fingerprint density at radius 1 is 1.14 bits per heavy atom. The van der Waals surface area contributed by atoms with Crippen molar-refractivity contribution in [3.63, 3.8) is 0 Å². The lowest BCUT2D eigenvalue weighted by Gasteiger charge is -2.35. The zero-order chi connectivity index (χ0) is 15.9. The summed E-state index contributed by atoms with van der Waals surface area (Å²) in [5.74, 6) is 1.66. The largest absolute Gasteiger partial charge is 0.497 e. The van der Waals surface area contributed by atoms with E-state index in [1.807, 2.05) is 17.0 Å². The Hall–Kier alpha value is -1.55. The van der Waals surface area contributed by atoms with E-state index < -0.39 is 0 Å². The molecule has 1 amide bonds. The van der Waals surface area contributed by atoms with E-state index in [4.69, 9.17) is 4.74 Å². The molecule has 122 valence electrons. The molecule has 1 saturated heterocycles. The van der Waals surface area contributed by atoms with Crippen molar-refractivity contribution in [1.82, 2.24) is 9.80 Å². The molecule has 0 N–H and O–H groups in total. The number of carbonyl (C=O) groups is 1. The van der Waals surface area contributed by atoms with Gasteiger partial charge >= 0.3 is 0 Å². The average Bonchev–Trinajstić information content (AvgIpc) is 2.53. The van der Waals surface area contributed by atoms with E-state index in [0.29, 0.717) is 18.2 Å². The van der Waals surface area contributed by atoms with Crippen molar-refractivity contribution < 1.29 is 9.53 Å². The number of hydrogen-bond acceptors (Lipinski definition) is 3. The molecule has 2 rings (SSSR count). The lowest BCUT2D eigenvalue weighted by molar-refractivity contribution is -0.133. The number of ether oxygens (including phenoxy) is 1. The maximum absolute atomic E-state index is 12.1. The highest BCUT2D eigenvalue weighted by Crippen LogP contribution is 2.13. The average molecular weight is 304 g/mol. The summed E-state index contributed by atoms with van der Waals surface area (Å²) >= 11 is 0. The second-order valence-electron chi connectivity index (χ2n) is 6.42. The lowest BCUT2D eigenvalue weighted by atomic mass is 10.1. The number of carbonyl (C=O) groups excluding carboxylic acids is 1. The highest BCUT2D eigenvalue weighted by Gasteiger charge is 2.21. The topological polar surface area (TPSA) is 32.8 Å². The third-order valence-electron chi connectivity index (χ3n) is 4.18. The van der Waals surface area contributed by atoms with Gasteiger partial charge in [0.25, 0.3) is 0 Å². The summed E-state index contributed by atoms with van der Waals surface area (Å²) in [6.45, 7) is 8.97. The van der Waals surface area contributed by atoms with Crippen molar-refractivity contribution in [2.75, 3.05) is 39.8 Å². The Kier molecular flexibility index (Phi) is 6.25. The maximum Gasteiger partial charge on any atom is 0.222 e. The molecule has 4 heteroatoms. The van der Waals surface area contributed by atoms with Crippen molar-refractivity contribution in [3.8, 4) is 5.75 Å². The van der Waals surface area contributed by atoms with Crippen LogP contribution in [0.1, 0.15) is 25.8 Å². The van der Waals surface area contributed by atoms with E-state index in [2.05, 4.69) is 30.9 Å². The summed E-state index contributed by atoms with van der Waals surface area (Å²) in [7, 11) is 1.69.